The molecule has 2 N–H and O–H groups in total. The highest BCUT2D eigenvalue weighted by Crippen LogP contribution is 2.29. The SMILES string of the molecule is Cc1ccc(C(C)(C)C)cc1C(CN)CN1CCCC1. The van der Waals surface area contributed by atoms with E-state index >= 15 is 0 Å². The van der Waals surface area contributed by atoms with Crippen molar-refractivity contribution in [2.45, 2.75) is 51.9 Å². The maximum atomic E-state index is 6.08. The first kappa shape index (κ1) is 15.5. The van der Waals surface area contributed by atoms with E-state index in [9.17, 15) is 0 Å². The fraction of sp³-hybridized carbons (Fsp3) is 0.667. The van der Waals surface area contributed by atoms with E-state index in [0.29, 0.717) is 5.92 Å². The lowest BCUT2D eigenvalue weighted by molar-refractivity contribution is 0.315. The summed E-state index contributed by atoms with van der Waals surface area (Å²) in [4.78, 5) is 2.57. The van der Waals surface area contributed by atoms with Gasteiger partial charge in [-0.25, -0.2) is 0 Å². The first-order valence-corrected chi connectivity index (χ1v) is 7.95. The quantitative estimate of drug-likeness (QED) is 0.911. The molecule has 0 spiro atoms. The van der Waals surface area contributed by atoms with Crippen LogP contribution in [0.2, 0.25) is 0 Å². The van der Waals surface area contributed by atoms with Crippen LogP contribution in [0.5, 0.6) is 0 Å². The Morgan fingerprint density at radius 3 is 2.40 bits per heavy atom. The number of aryl methyl sites for hydroxylation is 1. The molecular formula is C18H30N2. The molecule has 1 atom stereocenters. The van der Waals surface area contributed by atoms with Crippen LogP contribution >= 0.6 is 0 Å². The summed E-state index contributed by atoms with van der Waals surface area (Å²) >= 11 is 0. The van der Waals surface area contributed by atoms with Crippen molar-refractivity contribution >= 4 is 0 Å². The summed E-state index contributed by atoms with van der Waals surface area (Å²) in [6.45, 7) is 13.4. The van der Waals surface area contributed by atoms with Crippen LogP contribution in [0.3, 0.4) is 0 Å². The smallest absolute Gasteiger partial charge is 0.00915 e. The van der Waals surface area contributed by atoms with Crippen molar-refractivity contribution in [2.75, 3.05) is 26.2 Å². The van der Waals surface area contributed by atoms with Crippen LogP contribution in [0.4, 0.5) is 0 Å². The predicted octanol–water partition coefficient (Wildman–Crippen LogP) is 3.43. The first-order chi connectivity index (χ1) is 9.41. The van der Waals surface area contributed by atoms with Crippen LogP contribution in [0.1, 0.15) is 56.2 Å². The Bertz CT molecular complexity index is 439. The van der Waals surface area contributed by atoms with Gasteiger partial charge in [-0.15, -0.1) is 0 Å². The second-order valence-corrected chi connectivity index (χ2v) is 7.26. The summed E-state index contributed by atoms with van der Waals surface area (Å²) < 4.78 is 0. The Kier molecular flexibility index (Phi) is 4.87. The fourth-order valence-electron chi connectivity index (χ4n) is 3.12. The van der Waals surface area contributed by atoms with Gasteiger partial charge in [0, 0.05) is 19.0 Å². The molecule has 0 bridgehead atoms. The third-order valence-electron chi connectivity index (χ3n) is 4.55. The van der Waals surface area contributed by atoms with E-state index in [2.05, 4.69) is 50.8 Å². The van der Waals surface area contributed by atoms with Crippen molar-refractivity contribution in [1.82, 2.24) is 4.90 Å². The molecule has 0 saturated carbocycles. The largest absolute Gasteiger partial charge is 0.330 e. The monoisotopic (exact) mass is 274 g/mol. The molecule has 1 saturated heterocycles. The normalized spacial score (nSPS) is 18.4. The molecule has 1 unspecified atom stereocenters. The molecule has 2 nitrogen and oxygen atoms in total. The Morgan fingerprint density at radius 1 is 1.20 bits per heavy atom. The maximum Gasteiger partial charge on any atom is 0.00915 e. The van der Waals surface area contributed by atoms with E-state index in [1.807, 2.05) is 0 Å². The summed E-state index contributed by atoms with van der Waals surface area (Å²) in [7, 11) is 0. The van der Waals surface area contributed by atoms with Gasteiger partial charge >= 0.3 is 0 Å². The molecule has 1 aromatic rings. The third-order valence-corrected chi connectivity index (χ3v) is 4.55. The van der Waals surface area contributed by atoms with Gasteiger partial charge in [0.2, 0.25) is 0 Å². The van der Waals surface area contributed by atoms with Crippen LogP contribution < -0.4 is 5.73 Å². The van der Waals surface area contributed by atoms with Gasteiger partial charge in [0.05, 0.1) is 0 Å². The van der Waals surface area contributed by atoms with Crippen LogP contribution in [0.15, 0.2) is 18.2 Å². The summed E-state index contributed by atoms with van der Waals surface area (Å²) in [5, 5.41) is 0. The van der Waals surface area contributed by atoms with Crippen molar-refractivity contribution in [1.29, 1.82) is 0 Å². The lowest BCUT2D eigenvalue weighted by atomic mass is 9.83. The van der Waals surface area contributed by atoms with Gasteiger partial charge in [0.25, 0.3) is 0 Å². The van der Waals surface area contributed by atoms with E-state index in [0.717, 1.165) is 13.1 Å². The highest BCUT2D eigenvalue weighted by atomic mass is 15.1. The predicted molar refractivity (Wildman–Crippen MR) is 87.3 cm³/mol. The van der Waals surface area contributed by atoms with E-state index in [4.69, 9.17) is 5.73 Å². The molecule has 0 aromatic heterocycles. The van der Waals surface area contributed by atoms with Crippen molar-refractivity contribution in [3.63, 3.8) is 0 Å². The first-order valence-electron chi connectivity index (χ1n) is 7.95. The molecule has 20 heavy (non-hydrogen) atoms. The number of hydrogen-bond acceptors (Lipinski definition) is 2. The van der Waals surface area contributed by atoms with Crippen LogP contribution in [0, 0.1) is 6.92 Å². The minimum Gasteiger partial charge on any atom is -0.330 e. The summed E-state index contributed by atoms with van der Waals surface area (Å²) in [6, 6.07) is 6.92. The van der Waals surface area contributed by atoms with Gasteiger partial charge in [-0.05, 0) is 55.0 Å². The number of hydrogen-bond donors (Lipinski definition) is 1. The minimum atomic E-state index is 0.204. The maximum absolute atomic E-state index is 6.08. The Labute approximate surface area is 124 Å². The van der Waals surface area contributed by atoms with Crippen molar-refractivity contribution in [3.8, 4) is 0 Å². The number of benzene rings is 1. The average Bonchev–Trinajstić information content (AvgIpc) is 2.88. The molecule has 1 aliphatic heterocycles. The number of nitrogens with zero attached hydrogens (tertiary/aromatic N) is 1. The zero-order valence-electron chi connectivity index (χ0n) is 13.6. The lowest BCUT2D eigenvalue weighted by Gasteiger charge is -2.27. The average molecular weight is 274 g/mol. The van der Waals surface area contributed by atoms with E-state index in [1.165, 1.54) is 42.6 Å². The number of nitrogens with two attached hydrogens (primary N) is 1. The standard InChI is InChI=1S/C18H30N2/c1-14-7-8-16(18(2,3)4)11-17(14)15(12-19)13-20-9-5-6-10-20/h7-8,11,15H,5-6,9-10,12-13,19H2,1-4H3. The molecule has 112 valence electrons. The summed E-state index contributed by atoms with van der Waals surface area (Å²) in [6.07, 6.45) is 2.69. The zero-order chi connectivity index (χ0) is 14.8. The van der Waals surface area contributed by atoms with Crippen LogP contribution in [-0.2, 0) is 5.41 Å². The molecule has 1 aromatic carbocycles. The third kappa shape index (κ3) is 3.62. The molecular weight excluding hydrogens is 244 g/mol. The molecule has 1 fully saturated rings. The van der Waals surface area contributed by atoms with Crippen molar-refractivity contribution in [3.05, 3.63) is 34.9 Å². The van der Waals surface area contributed by atoms with Crippen LogP contribution in [-0.4, -0.2) is 31.1 Å². The second kappa shape index (κ2) is 6.28. The number of rotatable bonds is 4. The Hall–Kier alpha value is -0.860. The fourth-order valence-corrected chi connectivity index (χ4v) is 3.12. The van der Waals surface area contributed by atoms with Gasteiger partial charge in [0.1, 0.15) is 0 Å². The number of likely N-dealkylation sites (tertiary alicyclic amines) is 1. The molecule has 2 rings (SSSR count). The topological polar surface area (TPSA) is 29.3 Å². The van der Waals surface area contributed by atoms with Crippen LogP contribution in [0.25, 0.3) is 0 Å². The highest BCUT2D eigenvalue weighted by molar-refractivity contribution is 5.37. The van der Waals surface area contributed by atoms with Gasteiger partial charge in [-0.3, -0.25) is 0 Å². The van der Waals surface area contributed by atoms with Gasteiger partial charge in [0.15, 0.2) is 0 Å². The molecule has 2 heteroatoms. The Morgan fingerprint density at radius 2 is 1.85 bits per heavy atom. The molecule has 1 aliphatic rings. The molecule has 0 aliphatic carbocycles. The highest BCUT2D eigenvalue weighted by Gasteiger charge is 2.21. The zero-order valence-corrected chi connectivity index (χ0v) is 13.6. The minimum absolute atomic E-state index is 0.204. The summed E-state index contributed by atoms with van der Waals surface area (Å²) in [5.74, 6) is 0.468. The molecule has 0 amide bonds. The van der Waals surface area contributed by atoms with Gasteiger partial charge in [-0.1, -0.05) is 39.0 Å². The van der Waals surface area contributed by atoms with Crippen molar-refractivity contribution in [2.24, 2.45) is 5.73 Å². The molecule has 1 heterocycles. The molecule has 0 radical (unpaired) electrons. The van der Waals surface area contributed by atoms with Gasteiger partial charge < -0.3 is 10.6 Å². The summed E-state index contributed by atoms with van der Waals surface area (Å²) in [5.41, 5.74) is 10.5. The van der Waals surface area contributed by atoms with Crippen molar-refractivity contribution < 1.29 is 0 Å². The van der Waals surface area contributed by atoms with E-state index in [-0.39, 0.29) is 5.41 Å². The lowest BCUT2D eigenvalue weighted by Crippen LogP contribution is -2.30. The Balaban J connectivity index is 2.23. The van der Waals surface area contributed by atoms with Gasteiger partial charge in [-0.2, -0.15) is 0 Å². The van der Waals surface area contributed by atoms with E-state index < -0.39 is 0 Å². The second-order valence-electron chi connectivity index (χ2n) is 7.26. The van der Waals surface area contributed by atoms with E-state index in [1.54, 1.807) is 0 Å².